The fourth-order valence-electron chi connectivity index (χ4n) is 4.33. The quantitative estimate of drug-likeness (QED) is 0.830. The van der Waals surface area contributed by atoms with Crippen LogP contribution >= 0.6 is 0 Å². The number of ether oxygens (including phenoxy) is 1. The van der Waals surface area contributed by atoms with Crippen molar-refractivity contribution in [1.29, 1.82) is 0 Å². The normalized spacial score (nSPS) is 42.0. The second-order valence-electron chi connectivity index (χ2n) is 6.70. The zero-order chi connectivity index (χ0) is 13.3. The highest BCUT2D eigenvalue weighted by atomic mass is 16.5. The lowest BCUT2D eigenvalue weighted by Gasteiger charge is -2.46. The Morgan fingerprint density at radius 1 is 1.26 bits per heavy atom. The van der Waals surface area contributed by atoms with Gasteiger partial charge in [-0.05, 0) is 52.1 Å². The van der Waals surface area contributed by atoms with Crippen molar-refractivity contribution in [2.45, 2.75) is 56.7 Å². The van der Waals surface area contributed by atoms with Crippen LogP contribution in [0.4, 0.5) is 0 Å². The minimum absolute atomic E-state index is 0.214. The predicted octanol–water partition coefficient (Wildman–Crippen LogP) is 1.05. The molecule has 3 rings (SSSR count). The SMILES string of the molecule is CC1CC(CN)(N2CCC(N3CCCC3)C2)CCO1. The molecule has 3 atom stereocenters. The second-order valence-corrected chi connectivity index (χ2v) is 6.70. The van der Waals surface area contributed by atoms with Gasteiger partial charge in [-0.1, -0.05) is 0 Å². The summed E-state index contributed by atoms with van der Waals surface area (Å²) in [7, 11) is 0. The lowest BCUT2D eigenvalue weighted by molar-refractivity contribution is -0.0583. The number of nitrogens with two attached hydrogens (primary N) is 1. The molecule has 19 heavy (non-hydrogen) atoms. The Labute approximate surface area is 117 Å². The molecule has 2 N–H and O–H groups in total. The Balaban J connectivity index is 1.64. The molecule has 3 aliphatic rings. The van der Waals surface area contributed by atoms with Gasteiger partial charge in [0.05, 0.1) is 6.10 Å². The van der Waals surface area contributed by atoms with Gasteiger partial charge in [0.15, 0.2) is 0 Å². The largest absolute Gasteiger partial charge is 0.378 e. The lowest BCUT2D eigenvalue weighted by atomic mass is 9.85. The van der Waals surface area contributed by atoms with Gasteiger partial charge in [0.2, 0.25) is 0 Å². The van der Waals surface area contributed by atoms with E-state index in [0.717, 1.165) is 32.0 Å². The van der Waals surface area contributed by atoms with Crippen LogP contribution in [0, 0.1) is 0 Å². The molecular formula is C15H29N3O. The summed E-state index contributed by atoms with van der Waals surface area (Å²) in [6.45, 7) is 8.94. The van der Waals surface area contributed by atoms with Crippen LogP contribution in [0.2, 0.25) is 0 Å². The Morgan fingerprint density at radius 3 is 2.74 bits per heavy atom. The van der Waals surface area contributed by atoms with E-state index in [1.807, 2.05) is 0 Å². The molecule has 3 heterocycles. The highest BCUT2D eigenvalue weighted by Crippen LogP contribution is 2.34. The third-order valence-electron chi connectivity index (χ3n) is 5.51. The standard InChI is InChI=1S/C15H29N3O/c1-13-10-15(12-16,5-9-19-13)18-8-4-14(11-18)17-6-2-3-7-17/h13-14H,2-12,16H2,1H3. The van der Waals surface area contributed by atoms with Crippen LogP contribution in [0.3, 0.4) is 0 Å². The Hall–Kier alpha value is -0.160. The molecule has 0 aromatic rings. The van der Waals surface area contributed by atoms with Crippen molar-refractivity contribution in [1.82, 2.24) is 9.80 Å². The summed E-state index contributed by atoms with van der Waals surface area (Å²) in [6.07, 6.45) is 6.70. The molecule has 3 fully saturated rings. The monoisotopic (exact) mass is 267 g/mol. The topological polar surface area (TPSA) is 41.7 Å². The van der Waals surface area contributed by atoms with E-state index in [4.69, 9.17) is 10.5 Å². The number of hydrogen-bond donors (Lipinski definition) is 1. The van der Waals surface area contributed by atoms with E-state index in [2.05, 4.69) is 16.7 Å². The molecule has 0 bridgehead atoms. The minimum atomic E-state index is 0.214. The van der Waals surface area contributed by atoms with E-state index in [0.29, 0.717) is 6.10 Å². The molecule has 3 saturated heterocycles. The zero-order valence-corrected chi connectivity index (χ0v) is 12.3. The molecule has 110 valence electrons. The van der Waals surface area contributed by atoms with Crippen LogP contribution in [0.1, 0.15) is 39.0 Å². The maximum Gasteiger partial charge on any atom is 0.0565 e. The molecule has 0 saturated carbocycles. The summed E-state index contributed by atoms with van der Waals surface area (Å²) in [5, 5.41) is 0. The first-order valence-electron chi connectivity index (χ1n) is 8.04. The Bertz CT molecular complexity index is 306. The van der Waals surface area contributed by atoms with Crippen molar-refractivity contribution in [3.05, 3.63) is 0 Å². The van der Waals surface area contributed by atoms with Gasteiger partial charge in [-0.2, -0.15) is 0 Å². The summed E-state index contributed by atoms with van der Waals surface area (Å²) in [4.78, 5) is 5.39. The van der Waals surface area contributed by atoms with E-state index in [1.54, 1.807) is 0 Å². The smallest absolute Gasteiger partial charge is 0.0565 e. The fraction of sp³-hybridized carbons (Fsp3) is 1.00. The van der Waals surface area contributed by atoms with E-state index >= 15 is 0 Å². The van der Waals surface area contributed by atoms with Crippen LogP contribution < -0.4 is 5.73 Å². The van der Waals surface area contributed by atoms with Gasteiger partial charge in [0.1, 0.15) is 0 Å². The predicted molar refractivity (Wildman–Crippen MR) is 77.2 cm³/mol. The van der Waals surface area contributed by atoms with Gasteiger partial charge >= 0.3 is 0 Å². The van der Waals surface area contributed by atoms with Gasteiger partial charge in [0.25, 0.3) is 0 Å². The van der Waals surface area contributed by atoms with Crippen molar-refractivity contribution in [2.75, 3.05) is 39.3 Å². The van der Waals surface area contributed by atoms with E-state index in [9.17, 15) is 0 Å². The summed E-state index contributed by atoms with van der Waals surface area (Å²) in [5.41, 5.74) is 6.38. The lowest BCUT2D eigenvalue weighted by Crippen LogP contribution is -2.58. The average molecular weight is 267 g/mol. The molecule has 0 radical (unpaired) electrons. The van der Waals surface area contributed by atoms with E-state index in [-0.39, 0.29) is 5.54 Å². The molecular weight excluding hydrogens is 238 g/mol. The highest BCUT2D eigenvalue weighted by Gasteiger charge is 2.43. The molecule has 0 aromatic heterocycles. The summed E-state index contributed by atoms with van der Waals surface area (Å²) in [5.74, 6) is 0. The van der Waals surface area contributed by atoms with Crippen molar-refractivity contribution in [3.8, 4) is 0 Å². The van der Waals surface area contributed by atoms with Gasteiger partial charge < -0.3 is 10.5 Å². The maximum atomic E-state index is 6.17. The molecule has 0 amide bonds. The minimum Gasteiger partial charge on any atom is -0.378 e. The maximum absolute atomic E-state index is 6.17. The number of rotatable bonds is 3. The Kier molecular flexibility index (Phi) is 4.13. The number of likely N-dealkylation sites (tertiary alicyclic amines) is 2. The van der Waals surface area contributed by atoms with E-state index in [1.165, 1.54) is 45.4 Å². The van der Waals surface area contributed by atoms with Crippen molar-refractivity contribution >= 4 is 0 Å². The third-order valence-corrected chi connectivity index (χ3v) is 5.51. The van der Waals surface area contributed by atoms with Gasteiger partial charge in [-0.25, -0.2) is 0 Å². The molecule has 3 unspecified atom stereocenters. The zero-order valence-electron chi connectivity index (χ0n) is 12.3. The van der Waals surface area contributed by atoms with Crippen LogP contribution in [0.5, 0.6) is 0 Å². The van der Waals surface area contributed by atoms with Crippen LogP contribution in [0.15, 0.2) is 0 Å². The summed E-state index contributed by atoms with van der Waals surface area (Å²) in [6, 6.07) is 0.782. The molecule has 0 aliphatic carbocycles. The number of nitrogens with zero attached hydrogens (tertiary/aromatic N) is 2. The second kappa shape index (κ2) is 5.68. The number of hydrogen-bond acceptors (Lipinski definition) is 4. The van der Waals surface area contributed by atoms with Crippen LogP contribution in [-0.2, 0) is 4.74 Å². The Morgan fingerprint density at radius 2 is 2.05 bits per heavy atom. The summed E-state index contributed by atoms with van der Waals surface area (Å²) >= 11 is 0. The van der Waals surface area contributed by atoms with Crippen molar-refractivity contribution < 1.29 is 4.74 Å². The third kappa shape index (κ3) is 2.68. The summed E-state index contributed by atoms with van der Waals surface area (Å²) < 4.78 is 5.73. The first-order chi connectivity index (χ1) is 9.23. The molecule has 3 aliphatic heterocycles. The first-order valence-corrected chi connectivity index (χ1v) is 8.04. The average Bonchev–Trinajstić information content (AvgIpc) is 3.09. The van der Waals surface area contributed by atoms with Gasteiger partial charge in [-0.15, -0.1) is 0 Å². The van der Waals surface area contributed by atoms with Crippen molar-refractivity contribution in [2.24, 2.45) is 5.73 Å². The first kappa shape index (κ1) is 13.8. The van der Waals surface area contributed by atoms with Crippen molar-refractivity contribution in [3.63, 3.8) is 0 Å². The van der Waals surface area contributed by atoms with Gasteiger partial charge in [-0.3, -0.25) is 9.80 Å². The van der Waals surface area contributed by atoms with E-state index < -0.39 is 0 Å². The van der Waals surface area contributed by atoms with Gasteiger partial charge in [0, 0.05) is 37.8 Å². The van der Waals surface area contributed by atoms with Crippen LogP contribution in [0.25, 0.3) is 0 Å². The molecule has 4 heteroatoms. The molecule has 4 nitrogen and oxygen atoms in total. The van der Waals surface area contributed by atoms with Crippen LogP contribution in [-0.4, -0.2) is 66.8 Å². The highest BCUT2D eigenvalue weighted by molar-refractivity contribution is 5.00. The molecule has 0 aromatic carbocycles. The molecule has 0 spiro atoms. The fourth-order valence-corrected chi connectivity index (χ4v) is 4.33.